The van der Waals surface area contributed by atoms with Crippen LogP contribution in [0.3, 0.4) is 0 Å². The molecule has 166 valence electrons. The minimum absolute atomic E-state index is 0.168. The molecule has 32 heavy (non-hydrogen) atoms. The molecule has 0 aliphatic carbocycles. The third kappa shape index (κ3) is 4.01. The van der Waals surface area contributed by atoms with Crippen molar-refractivity contribution < 1.29 is 23.2 Å². The second kappa shape index (κ2) is 8.70. The van der Waals surface area contributed by atoms with Crippen molar-refractivity contribution in [1.29, 1.82) is 0 Å². The molecule has 1 aliphatic heterocycles. The molecule has 9 heteroatoms. The molecule has 4 rings (SSSR count). The number of nitrogens with zero attached hydrogens (tertiary/aromatic N) is 2. The maximum absolute atomic E-state index is 13.3. The van der Waals surface area contributed by atoms with Crippen LogP contribution in [0.25, 0.3) is 5.69 Å². The minimum atomic E-state index is -0.695. The summed E-state index contributed by atoms with van der Waals surface area (Å²) in [7, 11) is 0. The molecule has 0 saturated carbocycles. The van der Waals surface area contributed by atoms with Crippen molar-refractivity contribution in [3.63, 3.8) is 0 Å². The molecule has 0 spiro atoms. The van der Waals surface area contributed by atoms with Crippen molar-refractivity contribution in [3.05, 3.63) is 77.3 Å². The second-order valence-corrected chi connectivity index (χ2v) is 7.67. The largest absolute Gasteiger partial charge is 0.459 e. The highest BCUT2D eigenvalue weighted by atomic mass is 19.1. The molecule has 0 unspecified atom stereocenters. The van der Waals surface area contributed by atoms with Crippen molar-refractivity contribution in [2.24, 2.45) is 0 Å². The summed E-state index contributed by atoms with van der Waals surface area (Å²) in [4.78, 5) is 39.4. The maximum Gasteiger partial charge on any atom is 0.290 e. The number of carbonyl (C=O) groups is 3. The van der Waals surface area contributed by atoms with Crippen molar-refractivity contribution in [2.75, 3.05) is 6.54 Å². The maximum atomic E-state index is 13.3. The van der Waals surface area contributed by atoms with E-state index in [4.69, 9.17) is 4.42 Å². The SMILES string of the molecule is Cc1cc(C(=O)NNC(=O)[C@H]2CCCN2C(=O)c2ccco2)c(C)n1-c1ccc(F)cc1. The third-order valence-electron chi connectivity index (χ3n) is 5.61. The Balaban J connectivity index is 1.43. The molecule has 3 aromatic rings. The number of likely N-dealkylation sites (tertiary alicyclic amines) is 1. The number of aromatic nitrogens is 1. The fraction of sp³-hybridized carbons (Fsp3) is 0.261. The number of aryl methyl sites for hydroxylation is 1. The van der Waals surface area contributed by atoms with Crippen LogP contribution in [-0.4, -0.2) is 39.8 Å². The highest BCUT2D eigenvalue weighted by Crippen LogP contribution is 2.22. The fourth-order valence-electron chi connectivity index (χ4n) is 4.07. The molecule has 3 amide bonds. The van der Waals surface area contributed by atoms with Crippen molar-refractivity contribution >= 4 is 17.7 Å². The van der Waals surface area contributed by atoms with Crippen LogP contribution in [0, 0.1) is 19.7 Å². The van der Waals surface area contributed by atoms with Gasteiger partial charge in [0.15, 0.2) is 5.76 Å². The lowest BCUT2D eigenvalue weighted by Crippen LogP contribution is -2.51. The monoisotopic (exact) mass is 438 g/mol. The zero-order valence-electron chi connectivity index (χ0n) is 17.7. The molecule has 2 aromatic heterocycles. The first kappa shape index (κ1) is 21.4. The van der Waals surface area contributed by atoms with E-state index < -0.39 is 17.9 Å². The lowest BCUT2D eigenvalue weighted by Gasteiger charge is -2.23. The molecule has 3 heterocycles. The van der Waals surface area contributed by atoms with Crippen LogP contribution in [0.5, 0.6) is 0 Å². The van der Waals surface area contributed by atoms with Crippen LogP contribution < -0.4 is 10.9 Å². The summed E-state index contributed by atoms with van der Waals surface area (Å²) >= 11 is 0. The Labute approximate surface area is 184 Å². The summed E-state index contributed by atoms with van der Waals surface area (Å²) in [6.45, 7) is 4.04. The quantitative estimate of drug-likeness (QED) is 0.612. The number of amides is 3. The molecule has 1 aliphatic rings. The van der Waals surface area contributed by atoms with Crippen LogP contribution in [0.1, 0.15) is 45.1 Å². The zero-order valence-corrected chi connectivity index (χ0v) is 17.7. The standard InChI is InChI=1S/C23H23FN4O4/c1-14-13-18(15(2)28(14)17-9-7-16(24)8-10-17)21(29)25-26-22(30)19-5-3-11-27(19)23(31)20-6-4-12-32-20/h4,6-10,12-13,19H,3,5,11H2,1-2H3,(H,25,29)(H,26,30)/t19-/m1/s1. The molecular weight excluding hydrogens is 415 g/mol. The van der Waals surface area contributed by atoms with Crippen LogP contribution in [-0.2, 0) is 4.79 Å². The van der Waals surface area contributed by atoms with Gasteiger partial charge < -0.3 is 13.9 Å². The summed E-state index contributed by atoms with van der Waals surface area (Å²) in [6.07, 6.45) is 2.57. The van der Waals surface area contributed by atoms with E-state index in [1.165, 1.54) is 23.3 Å². The smallest absolute Gasteiger partial charge is 0.290 e. The van der Waals surface area contributed by atoms with Crippen LogP contribution >= 0.6 is 0 Å². The number of nitrogens with one attached hydrogen (secondary N) is 2. The molecule has 2 N–H and O–H groups in total. The number of benzene rings is 1. The molecule has 0 radical (unpaired) electrons. The Hall–Kier alpha value is -3.88. The number of halogens is 1. The van der Waals surface area contributed by atoms with Gasteiger partial charge in [-0.15, -0.1) is 0 Å². The Bertz CT molecular complexity index is 1150. The Morgan fingerprint density at radius 2 is 1.84 bits per heavy atom. The number of carbonyl (C=O) groups excluding carboxylic acids is 3. The first-order chi connectivity index (χ1) is 15.4. The van der Waals surface area contributed by atoms with Gasteiger partial charge in [0.2, 0.25) is 0 Å². The van der Waals surface area contributed by atoms with E-state index in [1.807, 2.05) is 11.5 Å². The first-order valence-electron chi connectivity index (χ1n) is 10.3. The predicted octanol–water partition coefficient (Wildman–Crippen LogP) is 2.89. The summed E-state index contributed by atoms with van der Waals surface area (Å²) in [5.41, 5.74) is 7.41. The van der Waals surface area contributed by atoms with Gasteiger partial charge in [-0.05, 0) is 69.2 Å². The van der Waals surface area contributed by atoms with Gasteiger partial charge >= 0.3 is 0 Å². The lowest BCUT2D eigenvalue weighted by atomic mass is 10.2. The van der Waals surface area contributed by atoms with Gasteiger partial charge in [0, 0.05) is 23.6 Å². The fourth-order valence-corrected chi connectivity index (χ4v) is 4.07. The highest BCUT2D eigenvalue weighted by Gasteiger charge is 2.35. The molecule has 1 fully saturated rings. The Morgan fingerprint density at radius 3 is 2.53 bits per heavy atom. The van der Waals surface area contributed by atoms with Crippen molar-refractivity contribution in [3.8, 4) is 5.69 Å². The van der Waals surface area contributed by atoms with Gasteiger partial charge in [0.05, 0.1) is 11.8 Å². The second-order valence-electron chi connectivity index (χ2n) is 7.67. The summed E-state index contributed by atoms with van der Waals surface area (Å²) in [6, 6.07) is 10.1. The first-order valence-corrected chi connectivity index (χ1v) is 10.3. The topological polar surface area (TPSA) is 96.6 Å². The number of hydrogen-bond donors (Lipinski definition) is 2. The van der Waals surface area contributed by atoms with Crippen LogP contribution in [0.2, 0.25) is 0 Å². The van der Waals surface area contributed by atoms with Gasteiger partial charge in [-0.1, -0.05) is 0 Å². The van der Waals surface area contributed by atoms with E-state index >= 15 is 0 Å². The average molecular weight is 438 g/mol. The molecule has 1 atom stereocenters. The van der Waals surface area contributed by atoms with Crippen molar-refractivity contribution in [1.82, 2.24) is 20.3 Å². The summed E-state index contributed by atoms with van der Waals surface area (Å²) < 4.78 is 20.2. The number of furan rings is 1. The average Bonchev–Trinajstić information content (AvgIpc) is 3.53. The van der Waals surface area contributed by atoms with E-state index in [2.05, 4.69) is 10.9 Å². The van der Waals surface area contributed by atoms with Gasteiger partial charge in [-0.2, -0.15) is 0 Å². The molecule has 8 nitrogen and oxygen atoms in total. The van der Waals surface area contributed by atoms with E-state index in [0.29, 0.717) is 30.6 Å². The zero-order chi connectivity index (χ0) is 22.8. The van der Waals surface area contributed by atoms with E-state index in [0.717, 1.165) is 11.4 Å². The Morgan fingerprint density at radius 1 is 1.09 bits per heavy atom. The number of rotatable bonds is 4. The molecule has 1 saturated heterocycles. The van der Waals surface area contributed by atoms with Crippen LogP contribution in [0.15, 0.2) is 53.1 Å². The van der Waals surface area contributed by atoms with Gasteiger partial charge in [0.25, 0.3) is 17.7 Å². The van der Waals surface area contributed by atoms with E-state index in [9.17, 15) is 18.8 Å². The molecule has 0 bridgehead atoms. The summed E-state index contributed by atoms with van der Waals surface area (Å²) in [5.74, 6) is -1.49. The number of hydrogen-bond acceptors (Lipinski definition) is 4. The van der Waals surface area contributed by atoms with Gasteiger partial charge in [-0.25, -0.2) is 4.39 Å². The van der Waals surface area contributed by atoms with E-state index in [1.54, 1.807) is 37.3 Å². The third-order valence-corrected chi connectivity index (χ3v) is 5.61. The lowest BCUT2D eigenvalue weighted by molar-refractivity contribution is -0.125. The summed E-state index contributed by atoms with van der Waals surface area (Å²) in [5, 5.41) is 0. The molecule has 1 aromatic carbocycles. The van der Waals surface area contributed by atoms with Gasteiger partial charge in [0.1, 0.15) is 11.9 Å². The van der Waals surface area contributed by atoms with Crippen molar-refractivity contribution in [2.45, 2.75) is 32.7 Å². The van der Waals surface area contributed by atoms with Gasteiger partial charge in [-0.3, -0.25) is 25.2 Å². The predicted molar refractivity (Wildman–Crippen MR) is 114 cm³/mol. The normalized spacial score (nSPS) is 15.6. The Kier molecular flexibility index (Phi) is 5.81. The minimum Gasteiger partial charge on any atom is -0.459 e. The number of hydrazine groups is 1. The molecular formula is C23H23FN4O4. The van der Waals surface area contributed by atoms with Crippen LogP contribution in [0.4, 0.5) is 4.39 Å². The highest BCUT2D eigenvalue weighted by molar-refractivity contribution is 5.99. The van der Waals surface area contributed by atoms with E-state index in [-0.39, 0.29) is 17.5 Å².